The molecule has 0 spiro atoms. The minimum absolute atomic E-state index is 0.00269. The van der Waals surface area contributed by atoms with Crippen LogP contribution >= 0.6 is 11.6 Å². The van der Waals surface area contributed by atoms with Crippen molar-refractivity contribution >= 4 is 17.3 Å². The van der Waals surface area contributed by atoms with Gasteiger partial charge in [-0.3, -0.25) is 0 Å². The van der Waals surface area contributed by atoms with Gasteiger partial charge in [0.1, 0.15) is 0 Å². The lowest BCUT2D eigenvalue weighted by atomic mass is 10.1. The molecule has 0 radical (unpaired) electrons. The quantitative estimate of drug-likeness (QED) is 0.888. The highest BCUT2D eigenvalue weighted by atomic mass is 35.5. The van der Waals surface area contributed by atoms with Gasteiger partial charge in [-0.1, -0.05) is 24.6 Å². The fraction of sp³-hybridized carbons (Fsp3) is 0.571. The van der Waals surface area contributed by atoms with Crippen molar-refractivity contribution in [2.24, 2.45) is 5.73 Å². The van der Waals surface area contributed by atoms with Gasteiger partial charge >= 0.3 is 0 Å². The third-order valence-corrected chi connectivity index (χ3v) is 3.98. The van der Waals surface area contributed by atoms with Gasteiger partial charge in [-0.25, -0.2) is 0 Å². The number of hydrogen-bond acceptors (Lipinski definition) is 2. The van der Waals surface area contributed by atoms with Crippen LogP contribution in [0.3, 0.4) is 0 Å². The third-order valence-electron chi connectivity index (χ3n) is 3.65. The topological polar surface area (TPSA) is 29.3 Å². The van der Waals surface area contributed by atoms with Gasteiger partial charge in [-0.15, -0.1) is 0 Å². The zero-order valence-electron chi connectivity index (χ0n) is 10.6. The molecule has 94 valence electrons. The molecule has 0 bridgehead atoms. The van der Waals surface area contributed by atoms with Crippen molar-refractivity contribution in [3.63, 3.8) is 0 Å². The summed E-state index contributed by atoms with van der Waals surface area (Å²) in [5.41, 5.74) is 8.14. The molecule has 1 aliphatic heterocycles. The average molecular weight is 253 g/mol. The maximum atomic E-state index is 6.29. The molecule has 1 aromatic carbocycles. The van der Waals surface area contributed by atoms with E-state index in [2.05, 4.69) is 30.0 Å². The van der Waals surface area contributed by atoms with Crippen LogP contribution in [-0.4, -0.2) is 12.6 Å². The molecule has 0 amide bonds. The van der Waals surface area contributed by atoms with Crippen molar-refractivity contribution in [2.45, 2.75) is 45.2 Å². The lowest BCUT2D eigenvalue weighted by molar-refractivity contribution is 0.645. The van der Waals surface area contributed by atoms with Crippen LogP contribution in [-0.2, 0) is 0 Å². The average Bonchev–Trinajstić information content (AvgIpc) is 2.76. The second-order valence-corrected chi connectivity index (χ2v) is 5.30. The summed E-state index contributed by atoms with van der Waals surface area (Å²) in [6.45, 7) is 5.36. The van der Waals surface area contributed by atoms with Crippen LogP contribution < -0.4 is 10.6 Å². The van der Waals surface area contributed by atoms with E-state index < -0.39 is 0 Å². The Labute approximate surface area is 109 Å². The number of halogens is 1. The first-order valence-electron chi connectivity index (χ1n) is 6.45. The predicted octanol–water partition coefficient (Wildman–Crippen LogP) is 3.74. The largest absolute Gasteiger partial charge is 0.369 e. The molecule has 1 aliphatic rings. The molecular weight excluding hydrogens is 232 g/mol. The summed E-state index contributed by atoms with van der Waals surface area (Å²) in [5, 5.41) is 0.791. The Morgan fingerprint density at radius 1 is 1.53 bits per heavy atom. The van der Waals surface area contributed by atoms with Crippen molar-refractivity contribution in [3.05, 3.63) is 28.8 Å². The number of nitrogens with zero attached hydrogens (tertiary/aromatic N) is 1. The Balaban J connectivity index is 2.25. The van der Waals surface area contributed by atoms with E-state index in [1.165, 1.54) is 24.9 Å². The highest BCUT2D eigenvalue weighted by molar-refractivity contribution is 6.31. The van der Waals surface area contributed by atoms with Gasteiger partial charge in [0.05, 0.1) is 0 Å². The molecule has 2 rings (SSSR count). The molecular formula is C14H21ClN2. The van der Waals surface area contributed by atoms with Crippen LogP contribution in [0.4, 0.5) is 5.69 Å². The van der Waals surface area contributed by atoms with Gasteiger partial charge in [0, 0.05) is 29.3 Å². The van der Waals surface area contributed by atoms with Crippen LogP contribution in [0.15, 0.2) is 18.2 Å². The molecule has 3 heteroatoms. The number of rotatable bonds is 3. The third kappa shape index (κ3) is 2.58. The van der Waals surface area contributed by atoms with Crippen LogP contribution in [0.5, 0.6) is 0 Å². The van der Waals surface area contributed by atoms with Gasteiger partial charge in [0.2, 0.25) is 0 Å². The second kappa shape index (κ2) is 5.28. The van der Waals surface area contributed by atoms with E-state index in [0.29, 0.717) is 6.04 Å². The molecule has 0 aromatic heterocycles. The Kier molecular flexibility index (Phi) is 3.95. The molecule has 2 atom stereocenters. The van der Waals surface area contributed by atoms with E-state index in [4.69, 9.17) is 17.3 Å². The molecule has 0 aliphatic carbocycles. The van der Waals surface area contributed by atoms with E-state index in [1.807, 2.05) is 6.92 Å². The summed E-state index contributed by atoms with van der Waals surface area (Å²) in [5.74, 6) is 0. The molecule has 1 heterocycles. The summed E-state index contributed by atoms with van der Waals surface area (Å²) in [7, 11) is 0. The molecule has 1 aromatic rings. The van der Waals surface area contributed by atoms with Crippen molar-refractivity contribution in [2.75, 3.05) is 11.4 Å². The molecule has 2 nitrogen and oxygen atoms in total. The lowest BCUT2D eigenvalue weighted by Crippen LogP contribution is -2.28. The zero-order valence-corrected chi connectivity index (χ0v) is 11.4. The van der Waals surface area contributed by atoms with Crippen LogP contribution in [0, 0.1) is 0 Å². The maximum absolute atomic E-state index is 6.29. The van der Waals surface area contributed by atoms with Gasteiger partial charge < -0.3 is 10.6 Å². The normalized spacial score (nSPS) is 21.9. The van der Waals surface area contributed by atoms with E-state index in [0.717, 1.165) is 17.1 Å². The maximum Gasteiger partial charge on any atom is 0.0474 e. The Hall–Kier alpha value is -0.730. The van der Waals surface area contributed by atoms with Crippen LogP contribution in [0.1, 0.15) is 44.7 Å². The number of anilines is 1. The first kappa shape index (κ1) is 12.7. The van der Waals surface area contributed by atoms with Gasteiger partial charge in [0.25, 0.3) is 0 Å². The van der Waals surface area contributed by atoms with Crippen molar-refractivity contribution in [1.29, 1.82) is 0 Å². The summed E-state index contributed by atoms with van der Waals surface area (Å²) in [6.07, 6.45) is 3.78. The van der Waals surface area contributed by atoms with Crippen LogP contribution in [0.25, 0.3) is 0 Å². The molecule has 1 fully saturated rings. The van der Waals surface area contributed by atoms with Gasteiger partial charge in [-0.05, 0) is 43.9 Å². The number of benzene rings is 1. The summed E-state index contributed by atoms with van der Waals surface area (Å²) in [6, 6.07) is 6.95. The highest BCUT2D eigenvalue weighted by Crippen LogP contribution is 2.31. The molecule has 0 saturated carbocycles. The predicted molar refractivity (Wildman–Crippen MR) is 74.7 cm³/mol. The Morgan fingerprint density at radius 3 is 2.88 bits per heavy atom. The fourth-order valence-corrected chi connectivity index (χ4v) is 3.01. The van der Waals surface area contributed by atoms with Crippen molar-refractivity contribution in [1.82, 2.24) is 0 Å². The monoisotopic (exact) mass is 252 g/mol. The van der Waals surface area contributed by atoms with Crippen LogP contribution in [0.2, 0.25) is 5.02 Å². The first-order chi connectivity index (χ1) is 8.13. The van der Waals surface area contributed by atoms with E-state index >= 15 is 0 Å². The second-order valence-electron chi connectivity index (χ2n) is 4.89. The molecule has 2 unspecified atom stereocenters. The summed E-state index contributed by atoms with van der Waals surface area (Å²) < 4.78 is 0. The number of nitrogens with two attached hydrogens (primary N) is 1. The zero-order chi connectivity index (χ0) is 12.4. The smallest absolute Gasteiger partial charge is 0.0474 e. The minimum Gasteiger partial charge on any atom is -0.369 e. The van der Waals surface area contributed by atoms with E-state index in [9.17, 15) is 0 Å². The van der Waals surface area contributed by atoms with E-state index in [1.54, 1.807) is 0 Å². The van der Waals surface area contributed by atoms with E-state index in [-0.39, 0.29) is 6.04 Å². The lowest BCUT2D eigenvalue weighted by Gasteiger charge is -2.26. The van der Waals surface area contributed by atoms with Gasteiger partial charge in [0.15, 0.2) is 0 Å². The number of hydrogen-bond donors (Lipinski definition) is 1. The Bertz CT molecular complexity index is 390. The summed E-state index contributed by atoms with van der Waals surface area (Å²) >= 11 is 6.29. The molecule has 1 saturated heterocycles. The molecule has 2 N–H and O–H groups in total. The SMILES string of the molecule is CCC1CCCN1c1ccc(C(C)N)c(Cl)c1. The first-order valence-corrected chi connectivity index (χ1v) is 6.83. The fourth-order valence-electron chi connectivity index (χ4n) is 2.66. The molecule has 17 heavy (non-hydrogen) atoms. The minimum atomic E-state index is -0.00269. The van der Waals surface area contributed by atoms with Crippen molar-refractivity contribution < 1.29 is 0 Å². The van der Waals surface area contributed by atoms with Crippen molar-refractivity contribution in [3.8, 4) is 0 Å². The summed E-state index contributed by atoms with van der Waals surface area (Å²) in [4.78, 5) is 2.47. The highest BCUT2D eigenvalue weighted by Gasteiger charge is 2.23. The standard InChI is InChI=1S/C14H21ClN2/c1-3-11-5-4-8-17(11)12-6-7-13(10(2)16)14(15)9-12/h6-7,9-11H,3-5,8,16H2,1-2H3. The Morgan fingerprint density at radius 2 is 2.29 bits per heavy atom. The van der Waals surface area contributed by atoms with Gasteiger partial charge in [-0.2, -0.15) is 0 Å².